The summed E-state index contributed by atoms with van der Waals surface area (Å²) in [5.41, 5.74) is -4.79. The molecular formula is C18H15ClF4N2O4. The predicted molar refractivity (Wildman–Crippen MR) is 94.3 cm³/mol. The Balaban J connectivity index is 1.96. The normalized spacial score (nSPS) is 17.7. The lowest BCUT2D eigenvalue weighted by molar-refractivity contribution is -0.144. The number of fused-ring (bicyclic) bond motifs is 1. The van der Waals surface area contributed by atoms with E-state index in [1.807, 2.05) is 0 Å². The molecule has 1 aromatic heterocycles. The summed E-state index contributed by atoms with van der Waals surface area (Å²) in [5, 5.41) is -0.125. The second-order valence-electron chi connectivity index (χ2n) is 7.07. The molecule has 156 valence electrons. The molecule has 1 aliphatic carbocycles. The van der Waals surface area contributed by atoms with Crippen LogP contribution in [-0.4, -0.2) is 14.9 Å². The fourth-order valence-electron chi connectivity index (χ4n) is 3.76. The van der Waals surface area contributed by atoms with Crippen LogP contribution in [0, 0.1) is 5.82 Å². The highest BCUT2D eigenvalue weighted by Crippen LogP contribution is 2.52. The Hall–Kier alpha value is -2.49. The van der Waals surface area contributed by atoms with Gasteiger partial charge in [-0.15, -0.1) is 0 Å². The highest BCUT2D eigenvalue weighted by Gasteiger charge is 2.46. The summed E-state index contributed by atoms with van der Waals surface area (Å²) in [6.07, 6.45) is -1.44. The molecule has 29 heavy (non-hydrogen) atoms. The lowest BCUT2D eigenvalue weighted by Gasteiger charge is -2.31. The molecule has 0 radical (unpaired) electrons. The molecular weight excluding hydrogens is 420 g/mol. The molecule has 1 fully saturated rings. The first-order chi connectivity index (χ1) is 13.5. The zero-order chi connectivity index (χ0) is 21.1. The average molecular weight is 435 g/mol. The first-order valence-electron chi connectivity index (χ1n) is 8.85. The van der Waals surface area contributed by atoms with E-state index >= 15 is 0 Å². The number of halogens is 5. The van der Waals surface area contributed by atoms with Gasteiger partial charge in [0.25, 0.3) is 11.3 Å². The number of alkyl halides is 3. The monoisotopic (exact) mass is 434 g/mol. The maximum atomic E-state index is 14.8. The van der Waals surface area contributed by atoms with Crippen molar-refractivity contribution in [2.24, 2.45) is 7.05 Å². The first-order valence-corrected chi connectivity index (χ1v) is 9.22. The standard InChI is InChI=1S/C18H15ClF4N2O4/c1-24-11(18(21,22)23)8-12(26)25(16(24)27)13-10(20)7-9(19)14-15(13)29-17(28-14)5-3-2-4-6-17/h7-8H,2-6H2,1H3. The largest absolute Gasteiger partial charge is 0.447 e. The summed E-state index contributed by atoms with van der Waals surface area (Å²) >= 11 is 6.07. The molecule has 6 nitrogen and oxygen atoms in total. The average Bonchev–Trinajstić information content (AvgIpc) is 2.99. The number of ether oxygens (including phenoxy) is 2. The van der Waals surface area contributed by atoms with Crippen LogP contribution in [0.5, 0.6) is 11.5 Å². The van der Waals surface area contributed by atoms with Gasteiger partial charge in [-0.25, -0.2) is 13.8 Å². The van der Waals surface area contributed by atoms with Gasteiger partial charge in [0.05, 0.1) is 5.02 Å². The summed E-state index contributed by atoms with van der Waals surface area (Å²) in [6.45, 7) is 0. The zero-order valence-electron chi connectivity index (χ0n) is 15.1. The van der Waals surface area contributed by atoms with Gasteiger partial charge in [-0.1, -0.05) is 18.0 Å². The Labute approximate surface area is 166 Å². The van der Waals surface area contributed by atoms with E-state index in [2.05, 4.69) is 0 Å². The molecule has 0 unspecified atom stereocenters. The highest BCUT2D eigenvalue weighted by atomic mass is 35.5. The molecule has 0 N–H and O–H groups in total. The van der Waals surface area contributed by atoms with Crippen LogP contribution < -0.4 is 20.7 Å². The Morgan fingerprint density at radius 3 is 2.31 bits per heavy atom. The third-order valence-corrected chi connectivity index (χ3v) is 5.42. The molecule has 0 atom stereocenters. The van der Waals surface area contributed by atoms with Crippen molar-refractivity contribution in [3.8, 4) is 17.2 Å². The minimum atomic E-state index is -4.93. The summed E-state index contributed by atoms with van der Waals surface area (Å²) < 4.78 is 66.3. The second-order valence-corrected chi connectivity index (χ2v) is 7.47. The van der Waals surface area contributed by atoms with Crippen LogP contribution in [0.1, 0.15) is 37.8 Å². The van der Waals surface area contributed by atoms with Gasteiger partial charge in [0.1, 0.15) is 11.4 Å². The van der Waals surface area contributed by atoms with Crippen molar-refractivity contribution < 1.29 is 27.0 Å². The van der Waals surface area contributed by atoms with Crippen LogP contribution in [0.25, 0.3) is 5.69 Å². The van der Waals surface area contributed by atoms with Gasteiger partial charge in [0.15, 0.2) is 17.3 Å². The summed E-state index contributed by atoms with van der Waals surface area (Å²) in [4.78, 5) is 25.0. The maximum Gasteiger partial charge on any atom is 0.431 e. The molecule has 1 aliphatic heterocycles. The molecule has 1 saturated carbocycles. The molecule has 2 aromatic rings. The molecule has 2 heterocycles. The van der Waals surface area contributed by atoms with Crippen LogP contribution >= 0.6 is 11.6 Å². The number of aromatic nitrogens is 2. The minimum Gasteiger partial charge on any atom is -0.447 e. The van der Waals surface area contributed by atoms with E-state index in [-0.39, 0.29) is 27.2 Å². The van der Waals surface area contributed by atoms with Crippen molar-refractivity contribution in [2.75, 3.05) is 0 Å². The van der Waals surface area contributed by atoms with E-state index in [0.29, 0.717) is 17.4 Å². The van der Waals surface area contributed by atoms with Crippen molar-refractivity contribution in [1.29, 1.82) is 0 Å². The van der Waals surface area contributed by atoms with E-state index in [0.717, 1.165) is 32.4 Å². The summed E-state index contributed by atoms with van der Waals surface area (Å²) in [7, 11) is 0.842. The smallest absolute Gasteiger partial charge is 0.431 e. The third-order valence-electron chi connectivity index (χ3n) is 5.14. The molecule has 0 amide bonds. The van der Waals surface area contributed by atoms with E-state index in [1.165, 1.54) is 0 Å². The van der Waals surface area contributed by atoms with Gasteiger partial charge in [-0.3, -0.25) is 9.36 Å². The van der Waals surface area contributed by atoms with E-state index < -0.39 is 40.4 Å². The molecule has 1 aromatic carbocycles. The number of hydrogen-bond acceptors (Lipinski definition) is 4. The van der Waals surface area contributed by atoms with Crippen LogP contribution in [0.4, 0.5) is 17.6 Å². The quantitative estimate of drug-likeness (QED) is 0.641. The fraction of sp³-hybridized carbons (Fsp3) is 0.444. The lowest BCUT2D eigenvalue weighted by Crippen LogP contribution is -2.42. The molecule has 0 saturated heterocycles. The Morgan fingerprint density at radius 2 is 1.69 bits per heavy atom. The number of hydrogen-bond donors (Lipinski definition) is 0. The number of benzene rings is 1. The summed E-state index contributed by atoms with van der Waals surface area (Å²) in [5.74, 6) is -2.51. The second kappa shape index (κ2) is 6.51. The fourth-order valence-corrected chi connectivity index (χ4v) is 3.98. The van der Waals surface area contributed by atoms with Crippen LogP contribution in [0.15, 0.2) is 21.7 Å². The van der Waals surface area contributed by atoms with Crippen molar-refractivity contribution in [2.45, 2.75) is 44.1 Å². The van der Waals surface area contributed by atoms with Gasteiger partial charge in [0, 0.05) is 26.0 Å². The number of nitrogens with zero attached hydrogens (tertiary/aromatic N) is 2. The predicted octanol–water partition coefficient (Wildman–Crippen LogP) is 3.78. The molecule has 11 heteroatoms. The SMILES string of the molecule is Cn1c(C(F)(F)F)cc(=O)n(-c2c(F)cc(Cl)c3c2OC2(CCCCC2)O3)c1=O. The van der Waals surface area contributed by atoms with Crippen molar-refractivity contribution in [1.82, 2.24) is 9.13 Å². The van der Waals surface area contributed by atoms with E-state index in [9.17, 15) is 27.2 Å². The van der Waals surface area contributed by atoms with Gasteiger partial charge < -0.3 is 9.47 Å². The van der Waals surface area contributed by atoms with Crippen LogP contribution in [-0.2, 0) is 13.2 Å². The molecule has 1 spiro atoms. The van der Waals surface area contributed by atoms with Crippen LogP contribution in [0.2, 0.25) is 5.02 Å². The Morgan fingerprint density at radius 1 is 1.07 bits per heavy atom. The van der Waals surface area contributed by atoms with Gasteiger partial charge in [-0.05, 0) is 18.9 Å². The third kappa shape index (κ3) is 3.09. The van der Waals surface area contributed by atoms with E-state index in [4.69, 9.17) is 21.1 Å². The van der Waals surface area contributed by atoms with Gasteiger partial charge in [-0.2, -0.15) is 13.2 Å². The van der Waals surface area contributed by atoms with E-state index in [1.54, 1.807) is 0 Å². The van der Waals surface area contributed by atoms with Crippen LogP contribution in [0.3, 0.4) is 0 Å². The molecule has 4 rings (SSSR count). The number of rotatable bonds is 1. The van der Waals surface area contributed by atoms with Crippen molar-refractivity contribution in [3.63, 3.8) is 0 Å². The minimum absolute atomic E-state index is 0.0428. The molecule has 2 aliphatic rings. The molecule has 0 bridgehead atoms. The Bertz CT molecular complexity index is 1120. The van der Waals surface area contributed by atoms with Gasteiger partial charge >= 0.3 is 11.9 Å². The first kappa shape index (κ1) is 19.8. The summed E-state index contributed by atoms with van der Waals surface area (Å²) in [6, 6.07) is 1.07. The topological polar surface area (TPSA) is 62.5 Å². The van der Waals surface area contributed by atoms with Crippen molar-refractivity contribution >= 4 is 11.6 Å². The zero-order valence-corrected chi connectivity index (χ0v) is 15.9. The van der Waals surface area contributed by atoms with Crippen molar-refractivity contribution in [3.05, 3.63) is 49.5 Å². The highest BCUT2D eigenvalue weighted by molar-refractivity contribution is 6.32. The lowest BCUT2D eigenvalue weighted by atomic mass is 9.94. The maximum absolute atomic E-state index is 14.8. The Kier molecular flexibility index (Phi) is 4.45. The van der Waals surface area contributed by atoms with Gasteiger partial charge in [0.2, 0.25) is 0 Å².